The maximum Gasteiger partial charge on any atom is 0.256 e. The molecule has 0 radical (unpaired) electrons. The number of rotatable bonds is 5. The Morgan fingerprint density at radius 2 is 2.11 bits per heavy atom. The molecular weight excluding hydrogens is 344 g/mol. The van der Waals surface area contributed by atoms with Crippen LogP contribution in [0.5, 0.6) is 0 Å². The fraction of sp³-hybridized carbons (Fsp3) is 0.222. The van der Waals surface area contributed by atoms with E-state index in [0.717, 1.165) is 22.6 Å². The Bertz CT molecular complexity index is 1100. The van der Waals surface area contributed by atoms with Crippen LogP contribution in [-0.4, -0.2) is 41.7 Å². The minimum absolute atomic E-state index is 0.247. The zero-order valence-corrected chi connectivity index (χ0v) is 15.2. The molecule has 3 aromatic heterocycles. The summed E-state index contributed by atoms with van der Waals surface area (Å²) in [7, 11) is 1.89. The van der Waals surface area contributed by atoms with Crippen molar-refractivity contribution in [2.45, 2.75) is 19.9 Å². The lowest BCUT2D eigenvalue weighted by Gasteiger charge is -2.04. The van der Waals surface area contributed by atoms with Crippen LogP contribution >= 0.6 is 0 Å². The Hall–Kier alpha value is -3.62. The number of hydrogen-bond donors (Lipinski definition) is 4. The first-order valence-corrected chi connectivity index (χ1v) is 8.60. The molecule has 0 saturated carbocycles. The summed E-state index contributed by atoms with van der Waals surface area (Å²) in [5.74, 6) is 1.62. The topological polar surface area (TPSA) is 116 Å². The first kappa shape index (κ1) is 16.8. The number of anilines is 2. The van der Waals surface area contributed by atoms with Crippen LogP contribution in [0.4, 0.5) is 11.8 Å². The van der Waals surface area contributed by atoms with Gasteiger partial charge in [0.15, 0.2) is 11.6 Å². The number of carbonyl (C=O) groups is 1. The van der Waals surface area contributed by atoms with E-state index in [9.17, 15) is 4.79 Å². The van der Waals surface area contributed by atoms with Crippen molar-refractivity contribution in [1.29, 1.82) is 0 Å². The zero-order valence-electron chi connectivity index (χ0n) is 15.2. The van der Waals surface area contributed by atoms with Crippen LogP contribution in [0.15, 0.2) is 36.7 Å². The third-order valence-electron chi connectivity index (χ3n) is 4.05. The van der Waals surface area contributed by atoms with Crippen molar-refractivity contribution in [2.24, 2.45) is 7.05 Å². The number of aromatic amines is 2. The molecule has 0 bridgehead atoms. The molecule has 138 valence electrons. The number of H-pyrrole nitrogens is 2. The molecule has 9 nitrogen and oxygen atoms in total. The smallest absolute Gasteiger partial charge is 0.256 e. The molecule has 1 aromatic carbocycles. The Morgan fingerprint density at radius 1 is 1.26 bits per heavy atom. The van der Waals surface area contributed by atoms with Crippen molar-refractivity contribution in [3.8, 4) is 11.5 Å². The van der Waals surface area contributed by atoms with E-state index >= 15 is 0 Å². The Balaban J connectivity index is 1.53. The average molecular weight is 364 g/mol. The third kappa shape index (κ3) is 3.39. The molecule has 4 N–H and O–H groups in total. The number of nitrogens with zero attached hydrogens (tertiary/aromatic N) is 4. The van der Waals surface area contributed by atoms with E-state index in [1.165, 1.54) is 0 Å². The summed E-state index contributed by atoms with van der Waals surface area (Å²) >= 11 is 0. The van der Waals surface area contributed by atoms with Gasteiger partial charge in [-0.15, -0.1) is 0 Å². The van der Waals surface area contributed by atoms with Crippen molar-refractivity contribution in [2.75, 3.05) is 10.6 Å². The molecule has 0 saturated heterocycles. The van der Waals surface area contributed by atoms with Gasteiger partial charge in [-0.25, -0.2) is 9.97 Å². The highest BCUT2D eigenvalue weighted by Gasteiger charge is 2.13. The number of hydrogen-bond acceptors (Lipinski definition) is 5. The fourth-order valence-electron chi connectivity index (χ4n) is 2.81. The van der Waals surface area contributed by atoms with Gasteiger partial charge in [-0.2, -0.15) is 5.10 Å². The summed E-state index contributed by atoms with van der Waals surface area (Å²) in [4.78, 5) is 24.5. The van der Waals surface area contributed by atoms with E-state index in [4.69, 9.17) is 0 Å². The van der Waals surface area contributed by atoms with Gasteiger partial charge in [-0.1, -0.05) is 0 Å². The number of aryl methyl sites for hydroxylation is 1. The molecule has 0 spiro atoms. The highest BCUT2D eigenvalue weighted by atomic mass is 16.1. The largest absolute Gasteiger partial charge is 0.354 e. The second-order valence-electron chi connectivity index (χ2n) is 6.60. The Kier molecular flexibility index (Phi) is 4.11. The standard InChI is InChI=1S/C18H20N8O/c1-10(2)20-18-21-12-5-4-11(8-13(12)22-18)17(27)23-15-9-14(24-25-15)16-19-6-7-26(16)3/h4-10H,1-3H3,(H2,20,21,22)(H2,23,24,25,27). The summed E-state index contributed by atoms with van der Waals surface area (Å²) < 4.78 is 1.87. The highest BCUT2D eigenvalue weighted by molar-refractivity contribution is 6.05. The van der Waals surface area contributed by atoms with E-state index in [0.29, 0.717) is 17.3 Å². The van der Waals surface area contributed by atoms with Gasteiger partial charge in [0, 0.05) is 37.1 Å². The first-order chi connectivity index (χ1) is 13.0. The number of benzene rings is 1. The lowest BCUT2D eigenvalue weighted by atomic mass is 10.2. The van der Waals surface area contributed by atoms with Gasteiger partial charge in [0.05, 0.1) is 11.0 Å². The number of aromatic nitrogens is 6. The maximum absolute atomic E-state index is 12.6. The van der Waals surface area contributed by atoms with Gasteiger partial charge in [-0.05, 0) is 32.0 Å². The molecule has 0 aliphatic heterocycles. The quantitative estimate of drug-likeness (QED) is 0.434. The summed E-state index contributed by atoms with van der Waals surface area (Å²) in [5.41, 5.74) is 2.84. The van der Waals surface area contributed by atoms with Crippen molar-refractivity contribution in [3.05, 3.63) is 42.2 Å². The van der Waals surface area contributed by atoms with Gasteiger partial charge in [0.25, 0.3) is 5.91 Å². The molecule has 3 heterocycles. The summed E-state index contributed by atoms with van der Waals surface area (Å²) in [6, 6.07) is 7.34. The lowest BCUT2D eigenvalue weighted by Crippen LogP contribution is -2.12. The highest BCUT2D eigenvalue weighted by Crippen LogP contribution is 2.20. The first-order valence-electron chi connectivity index (χ1n) is 8.60. The van der Waals surface area contributed by atoms with Crippen molar-refractivity contribution in [3.63, 3.8) is 0 Å². The van der Waals surface area contributed by atoms with Crippen LogP contribution < -0.4 is 10.6 Å². The van der Waals surface area contributed by atoms with E-state index in [2.05, 4.69) is 35.8 Å². The van der Waals surface area contributed by atoms with Gasteiger partial charge in [0.1, 0.15) is 5.69 Å². The summed E-state index contributed by atoms with van der Waals surface area (Å²) in [6.07, 6.45) is 3.55. The molecule has 4 aromatic rings. The second kappa shape index (κ2) is 6.60. The fourth-order valence-corrected chi connectivity index (χ4v) is 2.81. The van der Waals surface area contributed by atoms with Gasteiger partial charge in [0.2, 0.25) is 5.95 Å². The monoisotopic (exact) mass is 364 g/mol. The molecule has 0 fully saturated rings. The molecule has 0 aliphatic carbocycles. The molecule has 4 rings (SSSR count). The van der Waals surface area contributed by atoms with Crippen LogP contribution in [0.2, 0.25) is 0 Å². The number of imidazole rings is 2. The van der Waals surface area contributed by atoms with Crippen LogP contribution in [0.1, 0.15) is 24.2 Å². The maximum atomic E-state index is 12.6. The van der Waals surface area contributed by atoms with Gasteiger partial charge < -0.3 is 20.2 Å². The minimum atomic E-state index is -0.247. The zero-order chi connectivity index (χ0) is 19.0. The van der Waals surface area contributed by atoms with Crippen molar-refractivity contribution in [1.82, 2.24) is 29.7 Å². The average Bonchev–Trinajstić information content (AvgIpc) is 3.32. The van der Waals surface area contributed by atoms with E-state index in [1.54, 1.807) is 24.4 Å². The van der Waals surface area contributed by atoms with Crippen molar-refractivity contribution < 1.29 is 4.79 Å². The normalized spacial score (nSPS) is 11.3. The summed E-state index contributed by atoms with van der Waals surface area (Å²) in [5, 5.41) is 13.0. The minimum Gasteiger partial charge on any atom is -0.354 e. The Labute approximate surface area is 155 Å². The molecule has 0 aliphatic rings. The lowest BCUT2D eigenvalue weighted by molar-refractivity contribution is 0.102. The molecule has 0 atom stereocenters. The summed E-state index contributed by atoms with van der Waals surface area (Å²) in [6.45, 7) is 4.07. The van der Waals surface area contributed by atoms with Gasteiger partial charge in [-0.3, -0.25) is 9.89 Å². The predicted octanol–water partition coefficient (Wildman–Crippen LogP) is 2.76. The van der Waals surface area contributed by atoms with Crippen LogP contribution in [0.3, 0.4) is 0 Å². The number of carbonyl (C=O) groups excluding carboxylic acids is 1. The second-order valence-corrected chi connectivity index (χ2v) is 6.60. The molecule has 1 amide bonds. The van der Waals surface area contributed by atoms with E-state index in [1.807, 2.05) is 37.7 Å². The molecular formula is C18H20N8O. The van der Waals surface area contributed by atoms with E-state index < -0.39 is 0 Å². The molecule has 27 heavy (non-hydrogen) atoms. The predicted molar refractivity (Wildman–Crippen MR) is 104 cm³/mol. The van der Waals surface area contributed by atoms with Crippen LogP contribution in [-0.2, 0) is 7.05 Å². The van der Waals surface area contributed by atoms with Crippen LogP contribution in [0, 0.1) is 0 Å². The van der Waals surface area contributed by atoms with Gasteiger partial charge >= 0.3 is 0 Å². The molecule has 9 heteroatoms. The number of nitrogens with one attached hydrogen (secondary N) is 4. The van der Waals surface area contributed by atoms with E-state index in [-0.39, 0.29) is 11.9 Å². The Morgan fingerprint density at radius 3 is 2.85 bits per heavy atom. The van der Waals surface area contributed by atoms with Crippen molar-refractivity contribution >= 4 is 28.7 Å². The third-order valence-corrected chi connectivity index (χ3v) is 4.05. The SMILES string of the molecule is CC(C)Nc1nc2ccc(C(=O)Nc3cc(-c4nccn4C)[nH]n3)cc2[nH]1. The van der Waals surface area contributed by atoms with Crippen LogP contribution in [0.25, 0.3) is 22.6 Å². The molecule has 0 unspecified atom stereocenters. The number of fused-ring (bicyclic) bond motifs is 1. The number of amides is 1.